The van der Waals surface area contributed by atoms with Gasteiger partial charge in [0.1, 0.15) is 11.8 Å². The summed E-state index contributed by atoms with van der Waals surface area (Å²) in [7, 11) is 0. The average molecular weight is 302 g/mol. The lowest BCUT2D eigenvalue weighted by molar-refractivity contribution is -0.0280. The molecule has 3 atom stereocenters. The highest BCUT2D eigenvalue weighted by Gasteiger charge is 2.32. The van der Waals surface area contributed by atoms with Gasteiger partial charge in [0, 0.05) is 11.6 Å². The van der Waals surface area contributed by atoms with E-state index in [1.165, 1.54) is 0 Å². The molecule has 3 rings (SSSR count). The quantitative estimate of drug-likeness (QED) is 0.795. The van der Waals surface area contributed by atoms with Gasteiger partial charge in [0.05, 0.1) is 12.1 Å². The molecule has 0 saturated heterocycles. The maximum Gasteiger partial charge on any atom is 0.290 e. The number of aliphatic hydroxyl groups excluding tert-OH is 2. The highest BCUT2D eigenvalue weighted by atomic mass is 16.5. The monoisotopic (exact) mass is 302 g/mol. The van der Waals surface area contributed by atoms with E-state index in [0.717, 1.165) is 12.0 Å². The van der Waals surface area contributed by atoms with Gasteiger partial charge in [-0.3, -0.25) is 4.79 Å². The van der Waals surface area contributed by atoms with Crippen molar-refractivity contribution in [3.05, 3.63) is 42.2 Å². The molecule has 6 nitrogen and oxygen atoms in total. The Hall–Kier alpha value is -2.18. The Morgan fingerprint density at radius 2 is 2.00 bits per heavy atom. The minimum absolute atomic E-state index is 0.0890. The van der Waals surface area contributed by atoms with Gasteiger partial charge >= 0.3 is 0 Å². The van der Waals surface area contributed by atoms with Crippen LogP contribution in [0.3, 0.4) is 0 Å². The molecule has 1 amide bonds. The van der Waals surface area contributed by atoms with Crippen LogP contribution in [-0.4, -0.2) is 39.5 Å². The molecule has 116 valence electrons. The predicted molar refractivity (Wildman–Crippen MR) is 79.1 cm³/mol. The van der Waals surface area contributed by atoms with Crippen LogP contribution in [0.15, 0.2) is 40.9 Å². The van der Waals surface area contributed by atoms with E-state index in [9.17, 15) is 15.0 Å². The Balaban J connectivity index is 1.69. The first-order chi connectivity index (χ1) is 10.6. The fourth-order valence-corrected chi connectivity index (χ4v) is 2.68. The van der Waals surface area contributed by atoms with E-state index < -0.39 is 24.2 Å². The molecular weight excluding hydrogens is 284 g/mol. The molecule has 1 aliphatic rings. The summed E-state index contributed by atoms with van der Waals surface area (Å²) in [6.07, 6.45) is 0.190. The molecule has 3 N–H and O–H groups in total. The first kappa shape index (κ1) is 14.7. The number of nitrogens with zero attached hydrogens (tertiary/aromatic N) is 1. The summed E-state index contributed by atoms with van der Waals surface area (Å²) < 4.78 is 5.08. The largest absolute Gasteiger partial charge is 0.390 e. The van der Waals surface area contributed by atoms with Crippen LogP contribution in [0.25, 0.3) is 11.3 Å². The van der Waals surface area contributed by atoms with Crippen molar-refractivity contribution in [3.8, 4) is 11.3 Å². The van der Waals surface area contributed by atoms with Gasteiger partial charge in [-0.1, -0.05) is 35.5 Å². The Morgan fingerprint density at radius 3 is 2.77 bits per heavy atom. The molecule has 1 aromatic carbocycles. The normalized spacial score (nSPS) is 24.9. The highest BCUT2D eigenvalue weighted by molar-refractivity contribution is 5.92. The van der Waals surface area contributed by atoms with Crippen LogP contribution in [0.2, 0.25) is 0 Å². The van der Waals surface area contributed by atoms with Crippen molar-refractivity contribution in [2.75, 3.05) is 0 Å². The minimum Gasteiger partial charge on any atom is -0.390 e. The summed E-state index contributed by atoms with van der Waals surface area (Å²) in [5.41, 5.74) is 1.44. The summed E-state index contributed by atoms with van der Waals surface area (Å²) in [5.74, 6) is -0.348. The van der Waals surface area contributed by atoms with Gasteiger partial charge in [-0.15, -0.1) is 0 Å². The van der Waals surface area contributed by atoms with Crippen LogP contribution in [-0.2, 0) is 0 Å². The lowest BCUT2D eigenvalue weighted by Crippen LogP contribution is -2.50. The van der Waals surface area contributed by atoms with Crippen LogP contribution in [0.5, 0.6) is 0 Å². The van der Waals surface area contributed by atoms with E-state index in [1.54, 1.807) is 6.07 Å². The van der Waals surface area contributed by atoms with Crippen molar-refractivity contribution in [2.45, 2.75) is 37.5 Å². The number of benzene rings is 1. The molecule has 1 heterocycles. The summed E-state index contributed by atoms with van der Waals surface area (Å²) >= 11 is 0. The van der Waals surface area contributed by atoms with Gasteiger partial charge in [-0.05, 0) is 19.3 Å². The number of aromatic nitrogens is 1. The zero-order chi connectivity index (χ0) is 15.5. The molecule has 6 heteroatoms. The van der Waals surface area contributed by atoms with Gasteiger partial charge < -0.3 is 20.1 Å². The second kappa shape index (κ2) is 6.29. The lowest BCUT2D eigenvalue weighted by Gasteiger charge is -2.31. The summed E-state index contributed by atoms with van der Waals surface area (Å²) in [4.78, 5) is 12.2. The number of carbonyl (C=O) groups is 1. The molecule has 0 aliphatic heterocycles. The van der Waals surface area contributed by atoms with Crippen LogP contribution in [0.4, 0.5) is 0 Å². The molecule has 1 aromatic heterocycles. The zero-order valence-corrected chi connectivity index (χ0v) is 12.0. The van der Waals surface area contributed by atoms with Crippen molar-refractivity contribution in [3.63, 3.8) is 0 Å². The molecule has 0 radical (unpaired) electrons. The molecule has 0 bridgehead atoms. The maximum absolute atomic E-state index is 12.2. The molecule has 1 fully saturated rings. The molecule has 2 aromatic rings. The number of hydrogen-bond donors (Lipinski definition) is 3. The predicted octanol–water partition coefficient (Wildman–Crippen LogP) is 1.35. The highest BCUT2D eigenvalue weighted by Crippen LogP contribution is 2.21. The second-order valence-electron chi connectivity index (χ2n) is 5.51. The molecule has 1 saturated carbocycles. The zero-order valence-electron chi connectivity index (χ0n) is 12.0. The first-order valence-electron chi connectivity index (χ1n) is 7.34. The number of carbonyl (C=O) groups excluding carboxylic acids is 1. The van der Waals surface area contributed by atoms with Crippen molar-refractivity contribution >= 4 is 5.91 Å². The van der Waals surface area contributed by atoms with Crippen molar-refractivity contribution in [1.29, 1.82) is 0 Å². The van der Waals surface area contributed by atoms with E-state index >= 15 is 0 Å². The van der Waals surface area contributed by atoms with Gasteiger partial charge in [0.15, 0.2) is 0 Å². The van der Waals surface area contributed by atoms with Gasteiger partial charge in [-0.25, -0.2) is 0 Å². The summed E-state index contributed by atoms with van der Waals surface area (Å²) in [5, 5.41) is 26.1. The van der Waals surface area contributed by atoms with E-state index in [1.807, 2.05) is 30.3 Å². The molecular formula is C16H18N2O4. The van der Waals surface area contributed by atoms with Crippen molar-refractivity contribution in [1.82, 2.24) is 10.5 Å². The minimum atomic E-state index is -0.950. The van der Waals surface area contributed by atoms with E-state index in [2.05, 4.69) is 10.5 Å². The van der Waals surface area contributed by atoms with E-state index in [4.69, 9.17) is 4.52 Å². The van der Waals surface area contributed by atoms with E-state index in [0.29, 0.717) is 18.5 Å². The average Bonchev–Trinajstić information content (AvgIpc) is 3.03. The Labute approximate surface area is 127 Å². The Morgan fingerprint density at radius 1 is 1.23 bits per heavy atom. The number of amides is 1. The fourth-order valence-electron chi connectivity index (χ4n) is 2.68. The molecule has 22 heavy (non-hydrogen) atoms. The molecule has 0 unspecified atom stereocenters. The van der Waals surface area contributed by atoms with Crippen molar-refractivity contribution in [2.24, 2.45) is 0 Å². The number of rotatable bonds is 3. The van der Waals surface area contributed by atoms with Crippen molar-refractivity contribution < 1.29 is 19.5 Å². The fraction of sp³-hybridized carbons (Fsp3) is 0.375. The standard InChI is InChI=1S/C16H18N2O4/c19-13-8-4-7-11(15(13)20)17-16(21)14-9-12(18-22-14)10-5-2-1-3-6-10/h1-3,5-6,9,11,13,15,19-20H,4,7-8H2,(H,17,21)/t11-,13-,15-/m1/s1. The summed E-state index contributed by atoms with van der Waals surface area (Å²) in [6.45, 7) is 0. The van der Waals surface area contributed by atoms with Crippen LogP contribution in [0, 0.1) is 0 Å². The SMILES string of the molecule is O=C(N[C@@H]1CCC[C@@H](O)[C@@H]1O)c1cc(-c2ccccc2)no1. The number of aliphatic hydroxyl groups is 2. The van der Waals surface area contributed by atoms with Gasteiger partial charge in [0.2, 0.25) is 5.76 Å². The topological polar surface area (TPSA) is 95.6 Å². The smallest absolute Gasteiger partial charge is 0.290 e. The third-order valence-corrected chi connectivity index (χ3v) is 3.94. The maximum atomic E-state index is 12.2. The number of hydrogen-bond acceptors (Lipinski definition) is 5. The van der Waals surface area contributed by atoms with Gasteiger partial charge in [-0.2, -0.15) is 0 Å². The third-order valence-electron chi connectivity index (χ3n) is 3.94. The lowest BCUT2D eigenvalue weighted by atomic mass is 9.90. The molecule has 0 spiro atoms. The van der Waals surface area contributed by atoms with Crippen LogP contribution < -0.4 is 5.32 Å². The summed E-state index contributed by atoms with van der Waals surface area (Å²) in [6, 6.07) is 10.5. The Kier molecular flexibility index (Phi) is 4.22. The second-order valence-corrected chi connectivity index (χ2v) is 5.51. The Bertz CT molecular complexity index is 641. The van der Waals surface area contributed by atoms with Crippen LogP contribution in [0.1, 0.15) is 29.8 Å². The van der Waals surface area contributed by atoms with Gasteiger partial charge in [0.25, 0.3) is 5.91 Å². The van der Waals surface area contributed by atoms with Crippen LogP contribution >= 0.6 is 0 Å². The number of nitrogens with one attached hydrogen (secondary N) is 1. The third kappa shape index (κ3) is 3.03. The first-order valence-corrected chi connectivity index (χ1v) is 7.34. The van der Waals surface area contributed by atoms with E-state index in [-0.39, 0.29) is 5.76 Å². The molecule has 1 aliphatic carbocycles.